The smallest absolute Gasteiger partial charge is 0.253 e. The molecule has 154 valence electrons. The number of benzene rings is 1. The van der Waals surface area contributed by atoms with Crippen LogP contribution in [0.1, 0.15) is 36.5 Å². The lowest BCUT2D eigenvalue weighted by atomic mass is 10.0. The van der Waals surface area contributed by atoms with Crippen LogP contribution in [0.2, 0.25) is 0 Å². The zero-order valence-electron chi connectivity index (χ0n) is 17.1. The van der Waals surface area contributed by atoms with E-state index >= 15 is 0 Å². The van der Waals surface area contributed by atoms with Gasteiger partial charge in [-0.2, -0.15) is 0 Å². The van der Waals surface area contributed by atoms with E-state index in [1.54, 1.807) is 0 Å². The van der Waals surface area contributed by atoms with Gasteiger partial charge in [0.2, 0.25) is 0 Å². The van der Waals surface area contributed by atoms with Gasteiger partial charge in [0.1, 0.15) is 0 Å². The third-order valence-corrected chi connectivity index (χ3v) is 6.48. The molecule has 1 aromatic rings. The van der Waals surface area contributed by atoms with Crippen LogP contribution < -0.4 is 10.2 Å². The van der Waals surface area contributed by atoms with Gasteiger partial charge in [0.15, 0.2) is 0 Å². The zero-order valence-corrected chi connectivity index (χ0v) is 17.1. The Morgan fingerprint density at radius 2 is 1.71 bits per heavy atom. The van der Waals surface area contributed by atoms with Crippen LogP contribution in [-0.2, 0) is 4.74 Å². The monoisotopic (exact) mass is 386 g/mol. The topological polar surface area (TPSA) is 48.0 Å². The molecule has 3 aliphatic heterocycles. The third-order valence-electron chi connectivity index (χ3n) is 6.48. The van der Waals surface area contributed by atoms with Crippen molar-refractivity contribution < 1.29 is 9.53 Å². The summed E-state index contributed by atoms with van der Waals surface area (Å²) in [5.41, 5.74) is 2.04. The maximum atomic E-state index is 12.8. The Bertz CT molecular complexity index is 628. The first-order chi connectivity index (χ1) is 13.7. The van der Waals surface area contributed by atoms with Gasteiger partial charge in [0.05, 0.1) is 6.61 Å². The summed E-state index contributed by atoms with van der Waals surface area (Å²) in [6.07, 6.45) is 3.47. The molecule has 6 nitrogen and oxygen atoms in total. The van der Waals surface area contributed by atoms with E-state index in [-0.39, 0.29) is 5.91 Å². The zero-order chi connectivity index (χ0) is 19.3. The Morgan fingerprint density at radius 1 is 1.00 bits per heavy atom. The van der Waals surface area contributed by atoms with Crippen molar-refractivity contribution in [2.45, 2.75) is 38.3 Å². The molecule has 6 heteroatoms. The van der Waals surface area contributed by atoms with Crippen LogP contribution in [0.25, 0.3) is 0 Å². The largest absolute Gasteiger partial charge is 0.380 e. The quantitative estimate of drug-likeness (QED) is 0.836. The number of nitrogens with one attached hydrogen (secondary N) is 1. The summed E-state index contributed by atoms with van der Waals surface area (Å²) < 4.78 is 5.47. The van der Waals surface area contributed by atoms with Crippen LogP contribution in [-0.4, -0.2) is 86.8 Å². The van der Waals surface area contributed by atoms with Gasteiger partial charge in [-0.15, -0.1) is 0 Å². The van der Waals surface area contributed by atoms with Crippen molar-refractivity contribution in [2.24, 2.45) is 0 Å². The van der Waals surface area contributed by atoms with E-state index < -0.39 is 0 Å². The van der Waals surface area contributed by atoms with Gasteiger partial charge in [-0.3, -0.25) is 4.79 Å². The van der Waals surface area contributed by atoms with Gasteiger partial charge in [-0.1, -0.05) is 6.92 Å². The summed E-state index contributed by atoms with van der Waals surface area (Å²) >= 11 is 0. The fourth-order valence-electron chi connectivity index (χ4n) is 4.57. The van der Waals surface area contributed by atoms with Gasteiger partial charge in [-0.25, -0.2) is 0 Å². The molecule has 4 rings (SSSR count). The lowest BCUT2D eigenvalue weighted by molar-refractivity contribution is 0.0643. The summed E-state index contributed by atoms with van der Waals surface area (Å²) in [7, 11) is 0. The van der Waals surface area contributed by atoms with Gasteiger partial charge >= 0.3 is 0 Å². The van der Waals surface area contributed by atoms with Gasteiger partial charge in [0.25, 0.3) is 5.91 Å². The highest BCUT2D eigenvalue weighted by Crippen LogP contribution is 2.22. The number of rotatable bonds is 5. The van der Waals surface area contributed by atoms with Crippen LogP contribution >= 0.6 is 0 Å². The number of hydrogen-bond donors (Lipinski definition) is 1. The van der Waals surface area contributed by atoms with E-state index in [1.807, 2.05) is 17.0 Å². The fourth-order valence-corrected chi connectivity index (χ4v) is 4.57. The first kappa shape index (κ1) is 19.7. The van der Waals surface area contributed by atoms with Crippen LogP contribution in [0.5, 0.6) is 0 Å². The van der Waals surface area contributed by atoms with Crippen molar-refractivity contribution >= 4 is 11.6 Å². The highest BCUT2D eigenvalue weighted by atomic mass is 16.5. The SMILES string of the molecule is CCN1CCN(C(=O)c2ccc(N3CCC(N[C@H]4CCOC4)CC3)cc2)CC1. The maximum Gasteiger partial charge on any atom is 0.253 e. The highest BCUT2D eigenvalue weighted by molar-refractivity contribution is 5.94. The lowest BCUT2D eigenvalue weighted by Crippen LogP contribution is -2.48. The van der Waals surface area contributed by atoms with Crippen LogP contribution in [0.4, 0.5) is 5.69 Å². The molecule has 1 amide bonds. The molecule has 0 bridgehead atoms. The number of carbonyl (C=O) groups excluding carboxylic acids is 1. The Hall–Kier alpha value is -1.63. The molecule has 1 aromatic carbocycles. The summed E-state index contributed by atoms with van der Waals surface area (Å²) in [4.78, 5) is 19.6. The standard InChI is InChI=1S/C22H34N4O2/c1-2-24-12-14-26(15-13-24)22(27)18-3-5-21(6-4-18)25-10-7-19(8-11-25)23-20-9-16-28-17-20/h3-6,19-20,23H,2,7-17H2,1H3/t20-/m0/s1. The number of likely N-dealkylation sites (N-methyl/N-ethyl adjacent to an activating group) is 1. The predicted octanol–water partition coefficient (Wildman–Crippen LogP) is 1.81. The van der Waals surface area contributed by atoms with Crippen molar-refractivity contribution in [3.8, 4) is 0 Å². The number of anilines is 1. The predicted molar refractivity (Wildman–Crippen MR) is 112 cm³/mol. The molecule has 0 aromatic heterocycles. The number of ether oxygens (including phenoxy) is 1. The number of amides is 1. The summed E-state index contributed by atoms with van der Waals surface area (Å²) in [5, 5.41) is 3.75. The molecule has 3 heterocycles. The van der Waals surface area contributed by atoms with E-state index in [1.165, 1.54) is 18.5 Å². The van der Waals surface area contributed by atoms with Crippen molar-refractivity contribution in [3.63, 3.8) is 0 Å². The number of hydrogen-bond acceptors (Lipinski definition) is 5. The van der Waals surface area contributed by atoms with E-state index in [0.717, 1.165) is 71.0 Å². The molecule has 0 saturated carbocycles. The van der Waals surface area contributed by atoms with E-state index in [2.05, 4.69) is 34.2 Å². The second-order valence-corrected chi connectivity index (χ2v) is 8.26. The van der Waals surface area contributed by atoms with E-state index in [4.69, 9.17) is 4.74 Å². The molecular formula is C22H34N4O2. The Morgan fingerprint density at radius 3 is 2.32 bits per heavy atom. The molecule has 3 saturated heterocycles. The van der Waals surface area contributed by atoms with Crippen molar-refractivity contribution in [2.75, 3.05) is 63.9 Å². The molecule has 28 heavy (non-hydrogen) atoms. The molecule has 1 atom stereocenters. The molecule has 1 N–H and O–H groups in total. The molecule has 0 unspecified atom stereocenters. The number of carbonyl (C=O) groups is 1. The van der Waals surface area contributed by atoms with Crippen LogP contribution in [0, 0.1) is 0 Å². The second-order valence-electron chi connectivity index (χ2n) is 8.26. The minimum absolute atomic E-state index is 0.170. The number of piperazine rings is 1. The summed E-state index contributed by atoms with van der Waals surface area (Å²) in [6.45, 7) is 10.8. The van der Waals surface area contributed by atoms with Gasteiger partial charge in [-0.05, 0) is 50.1 Å². The average molecular weight is 387 g/mol. The minimum atomic E-state index is 0.170. The first-order valence-corrected chi connectivity index (χ1v) is 10.9. The average Bonchev–Trinajstić information content (AvgIpc) is 3.27. The summed E-state index contributed by atoms with van der Waals surface area (Å²) in [6, 6.07) is 9.39. The first-order valence-electron chi connectivity index (χ1n) is 10.9. The van der Waals surface area contributed by atoms with E-state index in [0.29, 0.717) is 12.1 Å². The van der Waals surface area contributed by atoms with Crippen LogP contribution in [0.3, 0.4) is 0 Å². The lowest BCUT2D eigenvalue weighted by Gasteiger charge is -2.35. The number of piperidine rings is 1. The van der Waals surface area contributed by atoms with Crippen molar-refractivity contribution in [3.05, 3.63) is 29.8 Å². The molecule has 0 spiro atoms. The molecule has 3 aliphatic rings. The Balaban J connectivity index is 1.27. The molecule has 0 aliphatic carbocycles. The fraction of sp³-hybridized carbons (Fsp3) is 0.682. The highest BCUT2D eigenvalue weighted by Gasteiger charge is 2.25. The summed E-state index contributed by atoms with van der Waals surface area (Å²) in [5.74, 6) is 0.170. The van der Waals surface area contributed by atoms with Crippen molar-refractivity contribution in [1.82, 2.24) is 15.1 Å². The maximum absolute atomic E-state index is 12.8. The Kier molecular flexibility index (Phi) is 6.50. The van der Waals surface area contributed by atoms with Crippen molar-refractivity contribution in [1.29, 1.82) is 0 Å². The van der Waals surface area contributed by atoms with Crippen LogP contribution in [0.15, 0.2) is 24.3 Å². The van der Waals surface area contributed by atoms with E-state index in [9.17, 15) is 4.79 Å². The molecule has 3 fully saturated rings. The second kappa shape index (κ2) is 9.25. The minimum Gasteiger partial charge on any atom is -0.380 e. The number of nitrogens with zero attached hydrogens (tertiary/aromatic N) is 3. The normalized spacial score (nSPS) is 24.7. The molecule has 0 radical (unpaired) electrons. The molecular weight excluding hydrogens is 352 g/mol. The van der Waals surface area contributed by atoms with Gasteiger partial charge in [0, 0.05) is 69.2 Å². The van der Waals surface area contributed by atoms with Gasteiger partial charge < -0.3 is 24.8 Å². The Labute approximate surface area is 168 Å². The third kappa shape index (κ3) is 4.67.